The highest BCUT2D eigenvalue weighted by Crippen LogP contribution is 2.50. The second-order valence-electron chi connectivity index (χ2n) is 10.8. The van der Waals surface area contributed by atoms with Gasteiger partial charge in [-0.1, -0.05) is 0 Å². The number of aromatic nitrogens is 2. The number of carboxylic acid groups (broad SMARTS) is 2. The third kappa shape index (κ3) is 8.33. The maximum Gasteiger partial charge on any atom is 0.358 e. The number of aromatic carboxylic acids is 2. The summed E-state index contributed by atoms with van der Waals surface area (Å²) in [5.74, 6) is -6.97. The molecule has 0 aliphatic carbocycles. The monoisotopic (exact) mass is 851 g/mol. The molecule has 0 fully saturated rings. The Morgan fingerprint density at radius 1 is 0.649 bits per heavy atom. The van der Waals surface area contributed by atoms with Crippen LogP contribution >= 0.6 is 0 Å². The molecule has 9 N–H and O–H groups in total. The van der Waals surface area contributed by atoms with Crippen molar-refractivity contribution in [1.82, 2.24) is 10.2 Å². The molecular formula is C27H17N9O18S3. The molecule has 5 aromatic rings. The van der Waals surface area contributed by atoms with Crippen molar-refractivity contribution < 1.29 is 79.0 Å². The highest BCUT2D eigenvalue weighted by Gasteiger charge is 2.30. The van der Waals surface area contributed by atoms with Crippen LogP contribution in [0.1, 0.15) is 20.8 Å². The zero-order chi connectivity index (χ0) is 42.4. The molecular weight excluding hydrogens is 835 g/mol. The first-order valence-corrected chi connectivity index (χ1v) is 18.6. The molecule has 0 saturated heterocycles. The quantitative estimate of drug-likeness (QED) is 0.0346. The van der Waals surface area contributed by atoms with Crippen LogP contribution in [0.3, 0.4) is 0 Å². The first-order chi connectivity index (χ1) is 26.4. The number of hydrogen-bond donors (Lipinski definition) is 9. The highest BCUT2D eigenvalue weighted by molar-refractivity contribution is 7.86. The van der Waals surface area contributed by atoms with Crippen LogP contribution in [0.25, 0.3) is 10.8 Å². The van der Waals surface area contributed by atoms with Crippen molar-refractivity contribution in [1.29, 1.82) is 0 Å². The van der Waals surface area contributed by atoms with Gasteiger partial charge in [0.1, 0.15) is 37.4 Å². The summed E-state index contributed by atoms with van der Waals surface area (Å²) in [7, 11) is -16.2. The SMILES string of the molecule is O=C(O)c1cc(N=Nc2c(C(=O)O)n[nH]c2O)ccc1N=Nc1c(S(=O)(=O)O)cc2cc(S(=O)(=O)O)c(N=Nc3ccc([N+](=O)[O-])cc3S(=O)(=O)O)c(O)c2c1O. The molecule has 4 aromatic carbocycles. The first kappa shape index (κ1) is 40.8. The number of benzene rings is 4. The van der Waals surface area contributed by atoms with Gasteiger partial charge in [0.2, 0.25) is 11.6 Å². The standard InChI is InChI=1S/C27H17N9O18S3/c37-23-18-9(6-17(57(52,53)54)20(24(18)38)32-30-14-4-2-11(36(44)45)8-15(14)55(46,47)48)5-16(56(49,50)51)19(23)31-29-13-3-1-10(7-12(13)26(40)41)28-33-21-22(27(42)43)34-35-25(21)39/h1-8,37-38H,(H,40,41)(H,42,43)(H2,34,35,39)(H,46,47,48)(H,49,50,51)(H,52,53,54). The average Bonchev–Trinajstić information content (AvgIpc) is 3.48. The lowest BCUT2D eigenvalue weighted by Crippen LogP contribution is -2.02. The third-order valence-electron chi connectivity index (χ3n) is 7.16. The normalized spacial score (nSPS) is 12.6. The number of H-pyrrole nitrogens is 1. The van der Waals surface area contributed by atoms with E-state index in [-0.39, 0.29) is 5.69 Å². The molecule has 1 aromatic heterocycles. The van der Waals surface area contributed by atoms with Gasteiger partial charge in [0, 0.05) is 12.1 Å². The van der Waals surface area contributed by atoms with Crippen LogP contribution in [-0.4, -0.2) is 91.5 Å². The molecule has 57 heavy (non-hydrogen) atoms. The second-order valence-corrected chi connectivity index (χ2v) is 14.9. The zero-order valence-corrected chi connectivity index (χ0v) is 29.5. The van der Waals surface area contributed by atoms with Gasteiger partial charge in [0.25, 0.3) is 36.0 Å². The number of phenolic OH excluding ortho intramolecular Hbond substituents is 2. The molecule has 30 heteroatoms. The van der Waals surface area contributed by atoms with Gasteiger partial charge in [0.05, 0.1) is 21.6 Å². The van der Waals surface area contributed by atoms with Crippen molar-refractivity contribution in [3.63, 3.8) is 0 Å². The molecule has 0 aliphatic heterocycles. The van der Waals surface area contributed by atoms with E-state index in [1.54, 1.807) is 0 Å². The van der Waals surface area contributed by atoms with Gasteiger partial charge >= 0.3 is 11.9 Å². The lowest BCUT2D eigenvalue weighted by molar-refractivity contribution is -0.385. The highest BCUT2D eigenvalue weighted by atomic mass is 32.2. The molecule has 5 rings (SSSR count). The second kappa shape index (κ2) is 14.7. The molecule has 0 aliphatic rings. The fraction of sp³-hybridized carbons (Fsp3) is 0. The van der Waals surface area contributed by atoms with E-state index in [0.717, 1.165) is 18.2 Å². The van der Waals surface area contributed by atoms with E-state index in [0.29, 0.717) is 30.3 Å². The molecule has 0 amide bonds. The van der Waals surface area contributed by atoms with E-state index in [1.165, 1.54) is 0 Å². The van der Waals surface area contributed by atoms with Crippen molar-refractivity contribution in [3.8, 4) is 17.4 Å². The van der Waals surface area contributed by atoms with Gasteiger partial charge in [-0.25, -0.2) is 14.7 Å². The summed E-state index contributed by atoms with van der Waals surface area (Å²) in [5.41, 5.74) is -7.22. The Morgan fingerprint density at radius 2 is 1.16 bits per heavy atom. The number of hydrogen-bond acceptors (Lipinski definition) is 20. The van der Waals surface area contributed by atoms with Crippen LogP contribution in [0.2, 0.25) is 0 Å². The number of carbonyl (C=O) groups is 2. The Kier molecular flexibility index (Phi) is 10.5. The predicted octanol–water partition coefficient (Wildman–Crippen LogP) is 4.97. The summed E-state index contributed by atoms with van der Waals surface area (Å²) in [6.07, 6.45) is 0. The van der Waals surface area contributed by atoms with E-state index in [2.05, 4.69) is 35.8 Å². The van der Waals surface area contributed by atoms with Crippen molar-refractivity contribution in [2.24, 2.45) is 30.7 Å². The van der Waals surface area contributed by atoms with Crippen LogP contribution in [0.4, 0.5) is 39.8 Å². The number of aromatic amines is 1. The fourth-order valence-corrected chi connectivity index (χ4v) is 6.64. The van der Waals surface area contributed by atoms with Crippen molar-refractivity contribution >= 4 is 92.9 Å². The van der Waals surface area contributed by atoms with Crippen molar-refractivity contribution in [2.75, 3.05) is 0 Å². The third-order valence-corrected chi connectivity index (χ3v) is 9.77. The number of carboxylic acids is 2. The maximum absolute atomic E-state index is 12.4. The lowest BCUT2D eigenvalue weighted by atomic mass is 10.1. The zero-order valence-electron chi connectivity index (χ0n) is 27.1. The van der Waals surface area contributed by atoms with E-state index >= 15 is 0 Å². The molecule has 0 unspecified atom stereocenters. The van der Waals surface area contributed by atoms with E-state index in [9.17, 15) is 79.0 Å². The van der Waals surface area contributed by atoms with Gasteiger partial charge in [-0.05, 0) is 41.8 Å². The van der Waals surface area contributed by atoms with Crippen molar-refractivity contribution in [3.05, 3.63) is 69.9 Å². The number of fused-ring (bicyclic) bond motifs is 1. The predicted molar refractivity (Wildman–Crippen MR) is 183 cm³/mol. The molecule has 0 radical (unpaired) electrons. The molecule has 0 atom stereocenters. The van der Waals surface area contributed by atoms with Gasteiger partial charge in [-0.3, -0.25) is 23.8 Å². The summed E-state index contributed by atoms with van der Waals surface area (Å²) in [6, 6.07) is 5.28. The fourth-order valence-electron chi connectivity index (χ4n) is 4.68. The number of nitro groups is 1. The topological polar surface area (TPSA) is 444 Å². The van der Waals surface area contributed by atoms with Crippen LogP contribution in [0, 0.1) is 10.1 Å². The minimum absolute atomic E-state index is 0.283. The lowest BCUT2D eigenvalue weighted by Gasteiger charge is -2.13. The number of aromatic hydroxyl groups is 3. The summed E-state index contributed by atoms with van der Waals surface area (Å²) in [4.78, 5) is 29.5. The molecule has 27 nitrogen and oxygen atoms in total. The summed E-state index contributed by atoms with van der Waals surface area (Å²) in [5, 5.41) is 86.8. The Hall–Kier alpha value is -7.38. The van der Waals surface area contributed by atoms with Gasteiger partial charge < -0.3 is 25.5 Å². The van der Waals surface area contributed by atoms with Crippen LogP contribution in [-0.2, 0) is 30.4 Å². The molecule has 0 spiro atoms. The smallest absolute Gasteiger partial charge is 0.358 e. The van der Waals surface area contributed by atoms with Gasteiger partial charge in [-0.15, -0.1) is 25.6 Å². The summed E-state index contributed by atoms with van der Waals surface area (Å²) in [6.45, 7) is 0. The van der Waals surface area contributed by atoms with Gasteiger partial charge in [0.15, 0.2) is 17.2 Å². The number of rotatable bonds is 12. The molecule has 0 bridgehead atoms. The molecule has 296 valence electrons. The van der Waals surface area contributed by atoms with Crippen LogP contribution < -0.4 is 0 Å². The van der Waals surface area contributed by atoms with E-state index < -0.39 is 135 Å². The van der Waals surface area contributed by atoms with Crippen molar-refractivity contribution in [2.45, 2.75) is 14.7 Å². The Balaban J connectivity index is 1.69. The number of nitrogens with one attached hydrogen (secondary N) is 1. The molecule has 0 saturated carbocycles. The van der Waals surface area contributed by atoms with Crippen LogP contribution in [0.15, 0.2) is 93.9 Å². The number of nitrogens with zero attached hydrogens (tertiary/aromatic N) is 8. The number of non-ortho nitro benzene ring substituents is 1. The molecule has 1 heterocycles. The van der Waals surface area contributed by atoms with E-state index in [4.69, 9.17) is 5.11 Å². The Morgan fingerprint density at radius 3 is 1.65 bits per heavy atom. The van der Waals surface area contributed by atoms with Crippen LogP contribution in [0.5, 0.6) is 17.4 Å². The minimum Gasteiger partial charge on any atom is -0.505 e. The Labute approximate surface area is 314 Å². The maximum atomic E-state index is 12.4. The largest absolute Gasteiger partial charge is 0.505 e. The number of phenols is 2. The first-order valence-electron chi connectivity index (χ1n) is 14.3. The average molecular weight is 852 g/mol. The van der Waals surface area contributed by atoms with Gasteiger partial charge in [-0.2, -0.15) is 35.5 Å². The summed E-state index contributed by atoms with van der Waals surface area (Å²) >= 11 is 0. The minimum atomic E-state index is -5.49. The van der Waals surface area contributed by atoms with E-state index in [1.807, 2.05) is 5.10 Å². The number of azo groups is 3. The number of nitro benzene ring substituents is 1. The summed E-state index contributed by atoms with van der Waals surface area (Å²) < 4.78 is 103. The Bertz CT molecular complexity index is 3020.